The molecule has 4 bridgehead atoms. The topological polar surface area (TPSA) is 82.3 Å². The molecule has 0 unspecified atom stereocenters. The van der Waals surface area contributed by atoms with Gasteiger partial charge in [0.25, 0.3) is 5.91 Å². The Morgan fingerprint density at radius 3 is 2.00 bits per heavy atom. The van der Waals surface area contributed by atoms with Gasteiger partial charge in [0.05, 0.1) is 6.54 Å². The highest BCUT2D eigenvalue weighted by Crippen LogP contribution is 2.61. The number of hydrogen-bond acceptors (Lipinski definition) is 3. The van der Waals surface area contributed by atoms with Gasteiger partial charge in [0, 0.05) is 12.0 Å². The maximum Gasteiger partial charge on any atom is 0.257 e. The fraction of sp³-hybridized carbons (Fsp3) is 0.842. The Bertz CT molecular complexity index is 549. The molecule has 4 aliphatic rings. The van der Waals surface area contributed by atoms with Crippen LogP contribution < -0.4 is 21.5 Å². The van der Waals surface area contributed by atoms with Gasteiger partial charge < -0.3 is 10.6 Å². The number of carbonyl (C=O) groups is 2. The maximum absolute atomic E-state index is 12.4. The van der Waals surface area contributed by atoms with Crippen LogP contribution in [-0.4, -0.2) is 29.0 Å². The second-order valence-corrected chi connectivity index (χ2v) is 10.2. The van der Waals surface area contributed by atoms with Crippen molar-refractivity contribution in [1.29, 1.82) is 0 Å². The molecule has 0 heterocycles. The van der Waals surface area contributed by atoms with Gasteiger partial charge in [0.15, 0.2) is 5.11 Å². The van der Waals surface area contributed by atoms with E-state index in [-0.39, 0.29) is 29.3 Å². The van der Waals surface area contributed by atoms with E-state index >= 15 is 0 Å². The summed E-state index contributed by atoms with van der Waals surface area (Å²) in [7, 11) is 0. The summed E-state index contributed by atoms with van der Waals surface area (Å²) in [6.07, 6.45) is 8.29. The number of amides is 2. The molecule has 0 aromatic rings. The van der Waals surface area contributed by atoms with Crippen LogP contribution in [0, 0.1) is 23.2 Å². The molecule has 2 amide bonds. The van der Waals surface area contributed by atoms with Crippen molar-refractivity contribution in [2.24, 2.45) is 23.2 Å². The van der Waals surface area contributed by atoms with E-state index in [1.54, 1.807) is 0 Å². The van der Waals surface area contributed by atoms with Gasteiger partial charge in [-0.1, -0.05) is 0 Å². The first kappa shape index (κ1) is 19.4. The zero-order valence-corrected chi connectivity index (χ0v) is 16.9. The van der Waals surface area contributed by atoms with Crippen LogP contribution in [-0.2, 0) is 9.59 Å². The summed E-state index contributed by atoms with van der Waals surface area (Å²) in [4.78, 5) is 24.3. The highest BCUT2D eigenvalue weighted by molar-refractivity contribution is 7.80. The SMILES string of the molecule is CC(C)(C)NC(=S)NNC(=O)CNC(=O)CC12CC3CC(CC(C3)C1)C2. The Kier molecular flexibility index (Phi) is 5.47. The van der Waals surface area contributed by atoms with Gasteiger partial charge in [-0.3, -0.25) is 20.4 Å². The van der Waals surface area contributed by atoms with Gasteiger partial charge in [-0.05, 0) is 94.7 Å². The number of carbonyl (C=O) groups excluding carboxylic acids is 2. The molecule has 7 heteroatoms. The van der Waals surface area contributed by atoms with Gasteiger partial charge >= 0.3 is 0 Å². The fourth-order valence-electron chi connectivity index (χ4n) is 5.63. The lowest BCUT2D eigenvalue weighted by molar-refractivity contribution is -0.132. The normalized spacial score (nSPS) is 32.0. The zero-order chi connectivity index (χ0) is 18.9. The van der Waals surface area contributed by atoms with Crippen LogP contribution in [0.4, 0.5) is 0 Å². The lowest BCUT2D eigenvalue weighted by Crippen LogP contribution is -2.54. The molecule has 6 nitrogen and oxygen atoms in total. The van der Waals surface area contributed by atoms with Crippen LogP contribution in [0.15, 0.2) is 0 Å². The number of hydrazine groups is 1. The van der Waals surface area contributed by atoms with Crippen LogP contribution in [0.25, 0.3) is 0 Å². The highest BCUT2D eigenvalue weighted by Gasteiger charge is 2.51. The van der Waals surface area contributed by atoms with E-state index < -0.39 is 0 Å². The second-order valence-electron chi connectivity index (χ2n) is 9.75. The van der Waals surface area contributed by atoms with E-state index in [9.17, 15) is 9.59 Å². The maximum atomic E-state index is 12.4. The lowest BCUT2D eigenvalue weighted by Gasteiger charge is -2.56. The molecule has 0 atom stereocenters. The van der Waals surface area contributed by atoms with E-state index in [0.29, 0.717) is 11.5 Å². The van der Waals surface area contributed by atoms with E-state index in [2.05, 4.69) is 21.5 Å². The first-order valence-electron chi connectivity index (χ1n) is 9.76. The van der Waals surface area contributed by atoms with Crippen molar-refractivity contribution in [1.82, 2.24) is 21.5 Å². The van der Waals surface area contributed by atoms with E-state index in [0.717, 1.165) is 17.8 Å². The van der Waals surface area contributed by atoms with Gasteiger partial charge in [-0.15, -0.1) is 0 Å². The summed E-state index contributed by atoms with van der Waals surface area (Å²) in [5.74, 6) is 2.19. The van der Waals surface area contributed by atoms with Crippen molar-refractivity contribution in [3.8, 4) is 0 Å². The molecule has 0 aromatic heterocycles. The average molecular weight is 381 g/mol. The molecule has 0 radical (unpaired) electrons. The number of nitrogens with one attached hydrogen (secondary N) is 4. The molecule has 26 heavy (non-hydrogen) atoms. The molecule has 4 rings (SSSR count). The van der Waals surface area contributed by atoms with E-state index in [4.69, 9.17) is 12.2 Å². The van der Waals surface area contributed by atoms with E-state index in [1.807, 2.05) is 20.8 Å². The third-order valence-electron chi connectivity index (χ3n) is 5.95. The minimum Gasteiger partial charge on any atom is -0.357 e. The number of rotatable bonds is 4. The fourth-order valence-corrected chi connectivity index (χ4v) is 5.99. The van der Waals surface area contributed by atoms with Crippen LogP contribution in [0.3, 0.4) is 0 Å². The standard InChI is InChI=1S/C19H32N4O2S/c1-18(2,3)21-17(26)23-22-16(25)11-20-15(24)10-19-7-12-4-13(8-19)6-14(5-12)9-19/h12-14H,4-11H2,1-3H3,(H,20,24)(H,22,25)(H2,21,23,26). The van der Waals surface area contributed by atoms with Crippen molar-refractivity contribution in [3.63, 3.8) is 0 Å². The quantitative estimate of drug-likeness (QED) is 0.443. The van der Waals surface area contributed by atoms with Crippen molar-refractivity contribution in [2.45, 2.75) is 71.3 Å². The van der Waals surface area contributed by atoms with Crippen LogP contribution in [0.5, 0.6) is 0 Å². The molecule has 0 saturated heterocycles. The summed E-state index contributed by atoms with van der Waals surface area (Å²) in [5, 5.41) is 6.17. The third kappa shape index (κ3) is 5.09. The molecule has 4 aliphatic carbocycles. The summed E-state index contributed by atoms with van der Waals surface area (Å²) in [5.41, 5.74) is 5.19. The molecule has 0 aliphatic heterocycles. The van der Waals surface area contributed by atoms with Crippen LogP contribution in [0.1, 0.15) is 65.7 Å². The molecule has 4 N–H and O–H groups in total. The lowest BCUT2D eigenvalue weighted by atomic mass is 9.49. The second kappa shape index (κ2) is 7.33. The zero-order valence-electron chi connectivity index (χ0n) is 16.1. The van der Waals surface area contributed by atoms with Gasteiger partial charge in [0.1, 0.15) is 0 Å². The van der Waals surface area contributed by atoms with Gasteiger partial charge in [0.2, 0.25) is 5.91 Å². The Labute approximate surface area is 161 Å². The molecule has 0 spiro atoms. The molecule has 4 fully saturated rings. The van der Waals surface area contributed by atoms with Crippen LogP contribution in [0.2, 0.25) is 0 Å². The number of hydrogen-bond donors (Lipinski definition) is 4. The first-order chi connectivity index (χ1) is 12.1. The molecule has 4 saturated carbocycles. The predicted molar refractivity (Wildman–Crippen MR) is 105 cm³/mol. The smallest absolute Gasteiger partial charge is 0.257 e. The Morgan fingerprint density at radius 1 is 0.962 bits per heavy atom. The Morgan fingerprint density at radius 2 is 1.50 bits per heavy atom. The van der Waals surface area contributed by atoms with Crippen molar-refractivity contribution in [3.05, 3.63) is 0 Å². The van der Waals surface area contributed by atoms with Crippen LogP contribution >= 0.6 is 12.2 Å². The third-order valence-corrected chi connectivity index (χ3v) is 6.15. The van der Waals surface area contributed by atoms with Gasteiger partial charge in [-0.2, -0.15) is 0 Å². The molecular weight excluding hydrogens is 348 g/mol. The minimum atomic E-state index is -0.304. The van der Waals surface area contributed by atoms with Gasteiger partial charge in [-0.25, -0.2) is 0 Å². The predicted octanol–water partition coefficient (Wildman–Crippen LogP) is 2.00. The Hall–Kier alpha value is -1.37. The number of thiocarbonyl (C=S) groups is 1. The summed E-state index contributed by atoms with van der Waals surface area (Å²) >= 11 is 5.10. The summed E-state index contributed by atoms with van der Waals surface area (Å²) in [6.45, 7) is 5.91. The first-order valence-corrected chi connectivity index (χ1v) is 10.2. The van der Waals surface area contributed by atoms with Crippen molar-refractivity contribution < 1.29 is 9.59 Å². The van der Waals surface area contributed by atoms with Crippen molar-refractivity contribution >= 4 is 29.1 Å². The minimum absolute atomic E-state index is 0.00232. The molecular formula is C19H32N4O2S. The largest absolute Gasteiger partial charge is 0.357 e. The summed E-state index contributed by atoms with van der Waals surface area (Å²) < 4.78 is 0. The molecule has 146 valence electrons. The Balaban J connectivity index is 1.38. The highest BCUT2D eigenvalue weighted by atomic mass is 32.1. The van der Waals surface area contributed by atoms with Crippen molar-refractivity contribution in [2.75, 3.05) is 6.54 Å². The molecule has 0 aromatic carbocycles. The average Bonchev–Trinajstić information content (AvgIpc) is 2.47. The summed E-state index contributed by atoms with van der Waals surface area (Å²) in [6, 6.07) is 0. The monoisotopic (exact) mass is 380 g/mol. The van der Waals surface area contributed by atoms with E-state index in [1.165, 1.54) is 38.5 Å².